The molecule has 0 atom stereocenters. The maximum absolute atomic E-state index is 10.9. The summed E-state index contributed by atoms with van der Waals surface area (Å²) < 4.78 is 60.9. The highest BCUT2D eigenvalue weighted by Crippen LogP contribution is 2.23. The summed E-state index contributed by atoms with van der Waals surface area (Å²) in [5.74, 6) is -1.91. The monoisotopic (exact) mass is 282 g/mol. The van der Waals surface area contributed by atoms with Gasteiger partial charge in [-0.3, -0.25) is 9.11 Å². The molecule has 0 fully saturated rings. The Kier molecular flexibility index (Phi) is 3.25. The van der Waals surface area contributed by atoms with Gasteiger partial charge in [-0.25, -0.2) is 4.79 Å². The molecule has 0 radical (unpaired) electrons. The third-order valence-corrected chi connectivity index (χ3v) is 3.55. The van der Waals surface area contributed by atoms with Crippen LogP contribution in [0.4, 0.5) is 0 Å². The van der Waals surface area contributed by atoms with Crippen LogP contribution in [0.15, 0.2) is 28.0 Å². The van der Waals surface area contributed by atoms with Crippen LogP contribution in [0.2, 0.25) is 0 Å². The number of carbonyl (C=O) groups is 1. The summed E-state index contributed by atoms with van der Waals surface area (Å²) in [5.41, 5.74) is -1.21. The highest BCUT2D eigenvalue weighted by molar-refractivity contribution is 7.86. The first-order valence-corrected chi connectivity index (χ1v) is 6.74. The topological polar surface area (TPSA) is 146 Å². The Bertz CT molecular complexity index is 620. The Balaban J connectivity index is 3.86. The van der Waals surface area contributed by atoms with Crippen molar-refractivity contribution in [1.82, 2.24) is 0 Å². The Hall–Kier alpha value is -1.49. The summed E-state index contributed by atoms with van der Waals surface area (Å²) >= 11 is 0. The number of rotatable bonds is 3. The van der Waals surface area contributed by atoms with Crippen LogP contribution in [0.3, 0.4) is 0 Å². The molecule has 0 spiro atoms. The van der Waals surface area contributed by atoms with E-state index in [9.17, 15) is 21.6 Å². The lowest BCUT2D eigenvalue weighted by Crippen LogP contribution is -2.14. The van der Waals surface area contributed by atoms with Crippen molar-refractivity contribution < 1.29 is 35.8 Å². The average Bonchev–Trinajstić information content (AvgIpc) is 2.13. The van der Waals surface area contributed by atoms with E-state index in [0.717, 1.165) is 6.07 Å². The molecule has 10 heteroatoms. The number of hydrogen-bond acceptors (Lipinski definition) is 5. The number of benzene rings is 1. The van der Waals surface area contributed by atoms with Gasteiger partial charge in [0.15, 0.2) is 0 Å². The van der Waals surface area contributed by atoms with Crippen LogP contribution in [0.25, 0.3) is 0 Å². The van der Waals surface area contributed by atoms with Crippen molar-refractivity contribution in [2.75, 3.05) is 0 Å². The summed E-state index contributed by atoms with van der Waals surface area (Å²) in [6.45, 7) is 0. The van der Waals surface area contributed by atoms with Crippen molar-refractivity contribution in [3.63, 3.8) is 0 Å². The first-order valence-electron chi connectivity index (χ1n) is 3.86. The van der Waals surface area contributed by atoms with Crippen molar-refractivity contribution in [3.05, 3.63) is 23.8 Å². The van der Waals surface area contributed by atoms with Gasteiger partial charge in [0.05, 0.1) is 0 Å². The molecule has 1 aromatic rings. The molecule has 0 unspecified atom stereocenters. The van der Waals surface area contributed by atoms with Crippen LogP contribution in [0.5, 0.6) is 0 Å². The van der Waals surface area contributed by atoms with Crippen molar-refractivity contribution in [2.24, 2.45) is 0 Å². The van der Waals surface area contributed by atoms with E-state index in [4.69, 9.17) is 14.2 Å². The van der Waals surface area contributed by atoms with E-state index < -0.39 is 41.6 Å². The number of carboxylic acid groups (broad SMARTS) is 1. The molecule has 1 rings (SSSR count). The van der Waals surface area contributed by atoms with Crippen molar-refractivity contribution >= 4 is 26.2 Å². The van der Waals surface area contributed by atoms with E-state index >= 15 is 0 Å². The fourth-order valence-corrected chi connectivity index (χ4v) is 2.63. The minimum Gasteiger partial charge on any atom is -0.478 e. The summed E-state index contributed by atoms with van der Waals surface area (Å²) in [5, 5.41) is 8.72. The fourth-order valence-electron chi connectivity index (χ4n) is 1.15. The van der Waals surface area contributed by atoms with E-state index in [1.807, 2.05) is 0 Å². The lowest BCUT2D eigenvalue weighted by atomic mass is 10.2. The molecule has 3 N–H and O–H groups in total. The minimum atomic E-state index is -4.92. The predicted octanol–water partition coefficient (Wildman–Crippen LogP) is -0.122. The number of carboxylic acids is 1. The Labute approximate surface area is 96.0 Å². The van der Waals surface area contributed by atoms with Gasteiger partial charge in [0, 0.05) is 0 Å². The first kappa shape index (κ1) is 13.6. The second-order valence-corrected chi connectivity index (χ2v) is 5.66. The highest BCUT2D eigenvalue weighted by Gasteiger charge is 2.28. The van der Waals surface area contributed by atoms with E-state index in [1.54, 1.807) is 0 Å². The maximum atomic E-state index is 10.9. The van der Waals surface area contributed by atoms with Crippen LogP contribution in [0.1, 0.15) is 10.4 Å². The minimum absolute atomic E-state index is 0.702. The standard InChI is InChI=1S/C7H6O8S2/c8-7(9)6-4(16(10,11)12)2-1-3-5(6)17(13,14)15/h1-3H,(H,8,9)(H,10,11,12)(H,13,14,15). The van der Waals surface area contributed by atoms with Gasteiger partial charge in [0.25, 0.3) is 20.2 Å². The predicted molar refractivity (Wildman–Crippen MR) is 53.0 cm³/mol. The van der Waals surface area contributed by atoms with Gasteiger partial charge in [0.1, 0.15) is 15.4 Å². The molecule has 17 heavy (non-hydrogen) atoms. The van der Waals surface area contributed by atoms with Crippen molar-refractivity contribution in [2.45, 2.75) is 9.79 Å². The van der Waals surface area contributed by atoms with Gasteiger partial charge >= 0.3 is 5.97 Å². The summed E-state index contributed by atoms with van der Waals surface area (Å²) in [6, 6.07) is 2.28. The molecule has 0 saturated carbocycles. The van der Waals surface area contributed by atoms with Crippen LogP contribution in [-0.2, 0) is 20.2 Å². The quantitative estimate of drug-likeness (QED) is 0.650. The molecular weight excluding hydrogens is 276 g/mol. The molecule has 0 heterocycles. The molecule has 0 aliphatic rings. The summed E-state index contributed by atoms with van der Waals surface area (Å²) in [6.07, 6.45) is 0. The van der Waals surface area contributed by atoms with Crippen molar-refractivity contribution in [1.29, 1.82) is 0 Å². The summed E-state index contributed by atoms with van der Waals surface area (Å²) in [7, 11) is -9.84. The van der Waals surface area contributed by atoms with E-state index in [-0.39, 0.29) is 0 Å². The normalized spacial score (nSPS) is 12.4. The molecular formula is C7H6O8S2. The third-order valence-electron chi connectivity index (χ3n) is 1.76. The SMILES string of the molecule is O=C(O)c1c(S(=O)(=O)O)cccc1S(=O)(=O)O. The van der Waals surface area contributed by atoms with Crippen LogP contribution in [0, 0.1) is 0 Å². The summed E-state index contributed by atoms with van der Waals surface area (Å²) in [4.78, 5) is 8.56. The first-order chi connectivity index (χ1) is 7.55. The highest BCUT2D eigenvalue weighted by atomic mass is 32.2. The zero-order valence-corrected chi connectivity index (χ0v) is 9.56. The number of hydrogen-bond donors (Lipinski definition) is 3. The molecule has 0 aromatic heterocycles. The van der Waals surface area contributed by atoms with Gasteiger partial charge in [-0.05, 0) is 12.1 Å². The largest absolute Gasteiger partial charge is 0.478 e. The molecule has 0 amide bonds. The lowest BCUT2D eigenvalue weighted by molar-refractivity contribution is 0.0687. The van der Waals surface area contributed by atoms with Crippen LogP contribution >= 0.6 is 0 Å². The van der Waals surface area contributed by atoms with Gasteiger partial charge in [-0.1, -0.05) is 6.07 Å². The van der Waals surface area contributed by atoms with E-state index in [0.29, 0.717) is 12.1 Å². The molecule has 94 valence electrons. The average molecular weight is 282 g/mol. The Morgan fingerprint density at radius 2 is 1.29 bits per heavy atom. The molecule has 0 saturated heterocycles. The second kappa shape index (κ2) is 4.07. The molecule has 0 aliphatic carbocycles. The van der Waals surface area contributed by atoms with Gasteiger partial charge < -0.3 is 5.11 Å². The van der Waals surface area contributed by atoms with Crippen LogP contribution < -0.4 is 0 Å². The number of aromatic carboxylic acids is 1. The second-order valence-electron chi connectivity index (χ2n) is 2.88. The van der Waals surface area contributed by atoms with Crippen molar-refractivity contribution in [3.8, 4) is 0 Å². The van der Waals surface area contributed by atoms with E-state index in [1.165, 1.54) is 0 Å². The van der Waals surface area contributed by atoms with Crippen LogP contribution in [-0.4, -0.2) is 37.0 Å². The zero-order valence-electron chi connectivity index (χ0n) is 7.93. The third kappa shape index (κ3) is 2.79. The Morgan fingerprint density at radius 3 is 1.53 bits per heavy atom. The molecule has 0 aliphatic heterocycles. The van der Waals surface area contributed by atoms with Gasteiger partial charge in [0.2, 0.25) is 0 Å². The smallest absolute Gasteiger partial charge is 0.338 e. The van der Waals surface area contributed by atoms with E-state index in [2.05, 4.69) is 0 Å². The molecule has 0 bridgehead atoms. The molecule has 1 aromatic carbocycles. The lowest BCUT2D eigenvalue weighted by Gasteiger charge is -2.06. The maximum Gasteiger partial charge on any atom is 0.338 e. The van der Waals surface area contributed by atoms with Gasteiger partial charge in [-0.15, -0.1) is 0 Å². The zero-order chi connectivity index (χ0) is 13.4. The Morgan fingerprint density at radius 1 is 0.941 bits per heavy atom. The fraction of sp³-hybridized carbons (Fsp3) is 0. The molecule has 8 nitrogen and oxygen atoms in total. The van der Waals surface area contributed by atoms with Gasteiger partial charge in [-0.2, -0.15) is 16.8 Å².